The Balaban J connectivity index is 1.53. The molecular formula is C27H30N2O5. The van der Waals surface area contributed by atoms with E-state index in [4.69, 9.17) is 14.3 Å². The molecule has 2 aromatic heterocycles. The fourth-order valence-electron chi connectivity index (χ4n) is 4.48. The van der Waals surface area contributed by atoms with Crippen molar-refractivity contribution >= 4 is 11.9 Å². The first-order valence-corrected chi connectivity index (χ1v) is 11.8. The van der Waals surface area contributed by atoms with Crippen molar-refractivity contribution in [3.63, 3.8) is 0 Å². The van der Waals surface area contributed by atoms with Gasteiger partial charge in [0, 0.05) is 29.8 Å². The molecule has 2 N–H and O–H groups in total. The lowest BCUT2D eigenvalue weighted by Gasteiger charge is -2.30. The summed E-state index contributed by atoms with van der Waals surface area (Å²) in [7, 11) is 0. The number of aliphatic carboxylic acids is 1. The van der Waals surface area contributed by atoms with Crippen LogP contribution in [0.1, 0.15) is 66.3 Å². The van der Waals surface area contributed by atoms with Crippen LogP contribution in [0.4, 0.5) is 0 Å². The lowest BCUT2D eigenvalue weighted by molar-refractivity contribution is -0.136. The molecule has 7 nitrogen and oxygen atoms in total. The normalized spacial score (nSPS) is 15.0. The SMILES string of the molecule is Cc1oc(-c2ccccn2)cc1C(Oc1ccc(C(=O)NCCC(=O)O)cc1)C1CCCCC1. The first-order chi connectivity index (χ1) is 16.5. The zero-order valence-corrected chi connectivity index (χ0v) is 19.3. The van der Waals surface area contributed by atoms with Gasteiger partial charge in [0.25, 0.3) is 5.91 Å². The maximum Gasteiger partial charge on any atom is 0.305 e. The second-order valence-electron chi connectivity index (χ2n) is 8.70. The van der Waals surface area contributed by atoms with E-state index >= 15 is 0 Å². The standard InChI is InChI=1S/C27H30N2O5/c1-18-22(17-24(33-18)23-9-5-6-15-28-23)26(19-7-3-2-4-8-19)34-21-12-10-20(11-13-21)27(32)29-16-14-25(30)31/h5-6,9-13,15,17,19,26H,2-4,7-8,14,16H2,1H3,(H,29,32)(H,30,31). The Hall–Kier alpha value is -3.61. The van der Waals surface area contributed by atoms with E-state index in [0.717, 1.165) is 35.6 Å². The van der Waals surface area contributed by atoms with E-state index in [1.54, 1.807) is 30.5 Å². The third kappa shape index (κ3) is 5.84. The van der Waals surface area contributed by atoms with Gasteiger partial charge in [0.15, 0.2) is 5.76 Å². The highest BCUT2D eigenvalue weighted by molar-refractivity contribution is 5.94. The summed E-state index contributed by atoms with van der Waals surface area (Å²) >= 11 is 0. The molecule has 34 heavy (non-hydrogen) atoms. The van der Waals surface area contributed by atoms with Crippen molar-refractivity contribution in [3.05, 3.63) is 71.6 Å². The predicted octanol–water partition coefficient (Wildman–Crippen LogP) is 5.55. The van der Waals surface area contributed by atoms with E-state index in [1.165, 1.54) is 19.3 Å². The summed E-state index contributed by atoms with van der Waals surface area (Å²) in [6, 6.07) is 14.8. The molecule has 1 atom stereocenters. The number of benzene rings is 1. The number of aryl methyl sites for hydroxylation is 1. The van der Waals surface area contributed by atoms with Crippen molar-refractivity contribution in [2.24, 2.45) is 5.92 Å². The van der Waals surface area contributed by atoms with Crippen LogP contribution < -0.4 is 10.1 Å². The van der Waals surface area contributed by atoms with E-state index in [0.29, 0.717) is 17.2 Å². The molecule has 0 aliphatic heterocycles. The largest absolute Gasteiger partial charge is 0.485 e. The lowest BCUT2D eigenvalue weighted by Crippen LogP contribution is -2.26. The number of pyridine rings is 1. The van der Waals surface area contributed by atoms with Gasteiger partial charge in [0.05, 0.1) is 6.42 Å². The molecule has 4 rings (SSSR count). The highest BCUT2D eigenvalue weighted by atomic mass is 16.5. The van der Waals surface area contributed by atoms with Crippen LogP contribution in [0.3, 0.4) is 0 Å². The van der Waals surface area contributed by atoms with Gasteiger partial charge in [-0.2, -0.15) is 0 Å². The fraction of sp³-hybridized carbons (Fsp3) is 0.370. The van der Waals surface area contributed by atoms with Crippen LogP contribution in [0.15, 0.2) is 59.1 Å². The summed E-state index contributed by atoms with van der Waals surface area (Å²) in [5.74, 6) is 1.36. The minimum atomic E-state index is -0.946. The van der Waals surface area contributed by atoms with Gasteiger partial charge in [0.2, 0.25) is 0 Å². The van der Waals surface area contributed by atoms with Crippen molar-refractivity contribution in [3.8, 4) is 17.2 Å². The second kappa shape index (κ2) is 11.0. The number of ether oxygens (including phenoxy) is 1. The highest BCUT2D eigenvalue weighted by Crippen LogP contribution is 2.40. The number of nitrogens with one attached hydrogen (secondary N) is 1. The Kier molecular flexibility index (Phi) is 7.62. The van der Waals surface area contributed by atoms with E-state index < -0.39 is 5.97 Å². The van der Waals surface area contributed by atoms with Crippen molar-refractivity contribution in [1.29, 1.82) is 0 Å². The first kappa shape index (κ1) is 23.5. The molecular weight excluding hydrogens is 432 g/mol. The Morgan fingerprint density at radius 3 is 2.59 bits per heavy atom. The van der Waals surface area contributed by atoms with Gasteiger partial charge in [0.1, 0.15) is 23.3 Å². The smallest absolute Gasteiger partial charge is 0.305 e. The summed E-state index contributed by atoms with van der Waals surface area (Å²) in [5.41, 5.74) is 2.28. The van der Waals surface area contributed by atoms with Gasteiger partial charge < -0.3 is 19.6 Å². The number of furan rings is 1. The number of rotatable bonds is 9. The summed E-state index contributed by atoms with van der Waals surface area (Å²) in [6.07, 6.45) is 7.29. The average Bonchev–Trinajstić information content (AvgIpc) is 3.25. The van der Waals surface area contributed by atoms with Gasteiger partial charge in [-0.3, -0.25) is 14.6 Å². The number of carbonyl (C=O) groups is 2. The molecule has 0 bridgehead atoms. The number of amides is 1. The van der Waals surface area contributed by atoms with Crippen molar-refractivity contribution in [2.45, 2.75) is 51.6 Å². The molecule has 1 aliphatic carbocycles. The molecule has 1 unspecified atom stereocenters. The van der Waals surface area contributed by atoms with Crippen LogP contribution in [-0.4, -0.2) is 28.5 Å². The Bertz CT molecular complexity index is 1100. The number of hydrogen-bond acceptors (Lipinski definition) is 5. The number of carboxylic acids is 1. The minimum Gasteiger partial charge on any atom is -0.485 e. The molecule has 0 saturated heterocycles. The van der Waals surface area contributed by atoms with Gasteiger partial charge in [-0.1, -0.05) is 25.3 Å². The lowest BCUT2D eigenvalue weighted by atomic mass is 9.82. The number of carbonyl (C=O) groups excluding carboxylic acids is 1. The van der Waals surface area contributed by atoms with E-state index in [-0.39, 0.29) is 25.0 Å². The molecule has 0 radical (unpaired) electrons. The third-order valence-electron chi connectivity index (χ3n) is 6.26. The molecule has 7 heteroatoms. The fourth-order valence-corrected chi connectivity index (χ4v) is 4.48. The Morgan fingerprint density at radius 1 is 1.15 bits per heavy atom. The van der Waals surface area contributed by atoms with Crippen LogP contribution in [0, 0.1) is 12.8 Å². The molecule has 1 aliphatic rings. The Morgan fingerprint density at radius 2 is 1.91 bits per heavy atom. The van der Waals surface area contributed by atoms with Crippen LogP contribution in [0.5, 0.6) is 5.75 Å². The van der Waals surface area contributed by atoms with E-state index in [1.807, 2.05) is 31.2 Å². The summed E-state index contributed by atoms with van der Waals surface area (Å²) in [4.78, 5) is 27.3. The third-order valence-corrected chi connectivity index (χ3v) is 6.26. The molecule has 178 valence electrons. The maximum absolute atomic E-state index is 12.2. The quantitative estimate of drug-likeness (QED) is 0.432. The topological polar surface area (TPSA) is 102 Å². The van der Waals surface area contributed by atoms with E-state index in [2.05, 4.69) is 10.3 Å². The highest BCUT2D eigenvalue weighted by Gasteiger charge is 2.30. The van der Waals surface area contributed by atoms with Gasteiger partial charge in [-0.05, 0) is 62.2 Å². The second-order valence-corrected chi connectivity index (χ2v) is 8.70. The summed E-state index contributed by atoms with van der Waals surface area (Å²) < 4.78 is 12.6. The molecule has 2 heterocycles. The monoisotopic (exact) mass is 462 g/mol. The molecule has 1 amide bonds. The van der Waals surface area contributed by atoms with Crippen LogP contribution in [0.25, 0.3) is 11.5 Å². The zero-order valence-electron chi connectivity index (χ0n) is 19.3. The van der Waals surface area contributed by atoms with E-state index in [9.17, 15) is 9.59 Å². The Labute approximate surface area is 199 Å². The average molecular weight is 463 g/mol. The molecule has 3 aromatic rings. The summed E-state index contributed by atoms with van der Waals surface area (Å²) in [5, 5.41) is 11.3. The minimum absolute atomic E-state index is 0.0918. The van der Waals surface area contributed by atoms with Gasteiger partial charge in [-0.15, -0.1) is 0 Å². The molecule has 1 aromatic carbocycles. The summed E-state index contributed by atoms with van der Waals surface area (Å²) in [6.45, 7) is 2.06. The van der Waals surface area contributed by atoms with Gasteiger partial charge >= 0.3 is 5.97 Å². The first-order valence-electron chi connectivity index (χ1n) is 11.8. The number of hydrogen-bond donors (Lipinski definition) is 2. The van der Waals surface area contributed by atoms with Gasteiger partial charge in [-0.25, -0.2) is 0 Å². The molecule has 1 fully saturated rings. The maximum atomic E-state index is 12.2. The van der Waals surface area contributed by atoms with Crippen molar-refractivity contribution < 1.29 is 23.8 Å². The predicted molar refractivity (Wildman–Crippen MR) is 128 cm³/mol. The van der Waals surface area contributed by atoms with Crippen molar-refractivity contribution in [1.82, 2.24) is 10.3 Å². The van der Waals surface area contributed by atoms with Crippen molar-refractivity contribution in [2.75, 3.05) is 6.54 Å². The van der Waals surface area contributed by atoms with Crippen LogP contribution >= 0.6 is 0 Å². The molecule has 1 saturated carbocycles. The number of carboxylic acid groups (broad SMARTS) is 1. The number of nitrogens with zero attached hydrogens (tertiary/aromatic N) is 1. The number of aromatic nitrogens is 1. The van der Waals surface area contributed by atoms with Crippen LogP contribution in [-0.2, 0) is 4.79 Å². The van der Waals surface area contributed by atoms with Crippen LogP contribution in [0.2, 0.25) is 0 Å². The molecule has 0 spiro atoms. The zero-order chi connectivity index (χ0) is 23.9.